The number of rotatable bonds is 5. The van der Waals surface area contributed by atoms with Crippen molar-refractivity contribution in [3.05, 3.63) is 29.5 Å². The maximum Gasteiger partial charge on any atom is 0.222 e. The van der Waals surface area contributed by atoms with Crippen LogP contribution in [0.5, 0.6) is 5.75 Å². The van der Waals surface area contributed by atoms with Crippen molar-refractivity contribution in [2.75, 3.05) is 13.2 Å². The van der Waals surface area contributed by atoms with E-state index in [1.54, 1.807) is 0 Å². The van der Waals surface area contributed by atoms with Gasteiger partial charge in [-0.3, -0.25) is 4.79 Å². The fourth-order valence-corrected chi connectivity index (χ4v) is 3.15. The smallest absolute Gasteiger partial charge is 0.222 e. The van der Waals surface area contributed by atoms with Crippen LogP contribution in [0.15, 0.2) is 18.2 Å². The molecule has 118 valence electrons. The summed E-state index contributed by atoms with van der Waals surface area (Å²) in [6.07, 6.45) is 3.62. The lowest BCUT2D eigenvalue weighted by Crippen LogP contribution is -2.35. The van der Waals surface area contributed by atoms with Crippen LogP contribution >= 0.6 is 0 Å². The zero-order valence-corrected chi connectivity index (χ0v) is 13.4. The average Bonchev–Trinajstić information content (AvgIpc) is 2.90. The Kier molecular flexibility index (Phi) is 4.36. The summed E-state index contributed by atoms with van der Waals surface area (Å²) in [6.45, 7) is 6.31. The molecular formula is C18H24N2O2. The van der Waals surface area contributed by atoms with Gasteiger partial charge in [-0.1, -0.05) is 13.3 Å². The Bertz CT molecular complexity index is 675. The minimum atomic E-state index is 0.280. The highest BCUT2D eigenvalue weighted by molar-refractivity contribution is 5.87. The number of nitrogens with zero attached hydrogens (tertiary/aromatic N) is 1. The summed E-state index contributed by atoms with van der Waals surface area (Å²) in [5.74, 6) is 1.18. The molecule has 1 aromatic carbocycles. The molecule has 0 bridgehead atoms. The summed E-state index contributed by atoms with van der Waals surface area (Å²) in [5, 5.41) is 1.19. The van der Waals surface area contributed by atoms with Gasteiger partial charge in [0, 0.05) is 48.1 Å². The number of hydrogen-bond acceptors (Lipinski definition) is 2. The second-order valence-corrected chi connectivity index (χ2v) is 5.89. The molecule has 2 heterocycles. The van der Waals surface area contributed by atoms with E-state index in [9.17, 15) is 4.79 Å². The van der Waals surface area contributed by atoms with Crippen molar-refractivity contribution < 1.29 is 9.53 Å². The minimum Gasteiger partial charge on any atom is -0.494 e. The number of carbonyl (C=O) groups excluding carboxylic acids is 1. The molecule has 0 atom stereocenters. The molecule has 0 spiro atoms. The van der Waals surface area contributed by atoms with Gasteiger partial charge in [0.1, 0.15) is 5.75 Å². The molecule has 1 aromatic heterocycles. The first-order valence-corrected chi connectivity index (χ1v) is 8.27. The van der Waals surface area contributed by atoms with E-state index in [0.29, 0.717) is 19.6 Å². The third kappa shape index (κ3) is 2.82. The molecule has 0 aliphatic carbocycles. The van der Waals surface area contributed by atoms with Crippen molar-refractivity contribution in [3.63, 3.8) is 0 Å². The number of aromatic nitrogens is 1. The van der Waals surface area contributed by atoms with Crippen LogP contribution in [0, 0.1) is 0 Å². The number of unbranched alkanes of at least 4 members (excludes halogenated alkanes) is 1. The summed E-state index contributed by atoms with van der Waals surface area (Å²) < 4.78 is 5.61. The van der Waals surface area contributed by atoms with Gasteiger partial charge in [0.05, 0.1) is 6.61 Å². The predicted molar refractivity (Wildman–Crippen MR) is 88.1 cm³/mol. The van der Waals surface area contributed by atoms with Crippen molar-refractivity contribution in [2.45, 2.75) is 46.1 Å². The van der Waals surface area contributed by atoms with Crippen molar-refractivity contribution >= 4 is 16.8 Å². The Morgan fingerprint density at radius 1 is 1.36 bits per heavy atom. The van der Waals surface area contributed by atoms with Crippen molar-refractivity contribution in [1.29, 1.82) is 0 Å². The second kappa shape index (κ2) is 6.42. The molecule has 2 aromatic rings. The number of nitrogens with one attached hydrogen (secondary N) is 1. The van der Waals surface area contributed by atoms with Crippen LogP contribution in [0.25, 0.3) is 10.9 Å². The molecular weight excluding hydrogens is 276 g/mol. The van der Waals surface area contributed by atoms with Crippen LogP contribution in [-0.4, -0.2) is 28.9 Å². The summed E-state index contributed by atoms with van der Waals surface area (Å²) in [5.41, 5.74) is 3.66. The highest BCUT2D eigenvalue weighted by atomic mass is 16.5. The van der Waals surface area contributed by atoms with Gasteiger partial charge in [-0.15, -0.1) is 0 Å². The first-order valence-electron chi connectivity index (χ1n) is 8.27. The van der Waals surface area contributed by atoms with Gasteiger partial charge in [-0.2, -0.15) is 0 Å². The van der Waals surface area contributed by atoms with Crippen LogP contribution < -0.4 is 4.74 Å². The Morgan fingerprint density at radius 2 is 2.23 bits per heavy atom. The van der Waals surface area contributed by atoms with Crippen LogP contribution in [0.2, 0.25) is 0 Å². The molecule has 0 saturated heterocycles. The standard InChI is InChI=1S/C18H24N2O2/c1-3-5-6-18(21)20-10-9-17-15(12-20)14-11-13(22-4-2)7-8-16(14)19-17/h7-8,11,19H,3-6,9-10,12H2,1-2H3. The Balaban J connectivity index is 1.86. The third-order valence-electron chi connectivity index (χ3n) is 4.35. The monoisotopic (exact) mass is 300 g/mol. The Hall–Kier alpha value is -1.97. The fourth-order valence-electron chi connectivity index (χ4n) is 3.15. The zero-order valence-electron chi connectivity index (χ0n) is 13.4. The van der Waals surface area contributed by atoms with Crippen molar-refractivity contribution in [1.82, 2.24) is 9.88 Å². The highest BCUT2D eigenvalue weighted by Gasteiger charge is 2.23. The first-order chi connectivity index (χ1) is 10.7. The molecule has 1 aliphatic rings. The van der Waals surface area contributed by atoms with Crippen LogP contribution in [0.1, 0.15) is 44.4 Å². The lowest BCUT2D eigenvalue weighted by atomic mass is 10.0. The van der Waals surface area contributed by atoms with Gasteiger partial charge in [0.2, 0.25) is 5.91 Å². The molecule has 0 fully saturated rings. The van der Waals surface area contributed by atoms with Gasteiger partial charge in [-0.05, 0) is 31.5 Å². The lowest BCUT2D eigenvalue weighted by Gasteiger charge is -2.27. The zero-order chi connectivity index (χ0) is 15.5. The summed E-state index contributed by atoms with van der Waals surface area (Å²) in [7, 11) is 0. The SMILES string of the molecule is CCCCC(=O)N1CCc2[nH]c3ccc(OCC)cc3c2C1. The van der Waals surface area contributed by atoms with E-state index in [4.69, 9.17) is 4.74 Å². The molecule has 1 amide bonds. The normalized spacial score (nSPS) is 14.2. The molecule has 0 radical (unpaired) electrons. The van der Waals surface area contributed by atoms with Crippen LogP contribution in [-0.2, 0) is 17.8 Å². The lowest BCUT2D eigenvalue weighted by molar-refractivity contribution is -0.132. The van der Waals surface area contributed by atoms with Gasteiger partial charge >= 0.3 is 0 Å². The molecule has 3 rings (SSSR count). The van der Waals surface area contributed by atoms with E-state index in [0.717, 1.165) is 37.1 Å². The maximum atomic E-state index is 12.3. The molecule has 22 heavy (non-hydrogen) atoms. The fraction of sp³-hybridized carbons (Fsp3) is 0.500. The number of benzene rings is 1. The third-order valence-corrected chi connectivity index (χ3v) is 4.35. The van der Waals surface area contributed by atoms with E-state index in [1.807, 2.05) is 17.9 Å². The molecule has 0 unspecified atom stereocenters. The number of H-pyrrole nitrogens is 1. The largest absolute Gasteiger partial charge is 0.494 e. The van der Waals surface area contributed by atoms with Gasteiger partial charge < -0.3 is 14.6 Å². The van der Waals surface area contributed by atoms with E-state index in [2.05, 4.69) is 24.0 Å². The topological polar surface area (TPSA) is 45.3 Å². The van der Waals surface area contributed by atoms with Crippen LogP contribution in [0.3, 0.4) is 0 Å². The van der Waals surface area contributed by atoms with Gasteiger partial charge in [0.25, 0.3) is 0 Å². The summed E-state index contributed by atoms with van der Waals surface area (Å²) >= 11 is 0. The summed E-state index contributed by atoms with van der Waals surface area (Å²) in [4.78, 5) is 17.8. The maximum absolute atomic E-state index is 12.3. The second-order valence-electron chi connectivity index (χ2n) is 5.89. The molecule has 1 N–H and O–H groups in total. The minimum absolute atomic E-state index is 0.280. The molecule has 1 aliphatic heterocycles. The Labute approximate surface area is 131 Å². The average molecular weight is 300 g/mol. The summed E-state index contributed by atoms with van der Waals surface area (Å²) in [6, 6.07) is 6.16. The van der Waals surface area contributed by atoms with E-state index in [-0.39, 0.29) is 5.91 Å². The first kappa shape index (κ1) is 14.9. The van der Waals surface area contributed by atoms with E-state index in [1.165, 1.54) is 16.6 Å². The number of fused-ring (bicyclic) bond motifs is 3. The molecule has 4 heteroatoms. The quantitative estimate of drug-likeness (QED) is 0.916. The van der Waals surface area contributed by atoms with E-state index >= 15 is 0 Å². The number of ether oxygens (including phenoxy) is 1. The van der Waals surface area contributed by atoms with E-state index < -0.39 is 0 Å². The number of hydrogen-bond donors (Lipinski definition) is 1. The van der Waals surface area contributed by atoms with Crippen molar-refractivity contribution in [3.8, 4) is 5.75 Å². The predicted octanol–water partition coefficient (Wildman–Crippen LogP) is 3.64. The number of aromatic amines is 1. The molecule has 4 nitrogen and oxygen atoms in total. The van der Waals surface area contributed by atoms with Gasteiger partial charge in [0.15, 0.2) is 0 Å². The molecule has 0 saturated carbocycles. The number of amides is 1. The van der Waals surface area contributed by atoms with Crippen molar-refractivity contribution in [2.24, 2.45) is 0 Å². The van der Waals surface area contributed by atoms with Gasteiger partial charge in [-0.25, -0.2) is 0 Å². The Morgan fingerprint density at radius 3 is 3.00 bits per heavy atom. The van der Waals surface area contributed by atoms with Crippen LogP contribution in [0.4, 0.5) is 0 Å². The number of carbonyl (C=O) groups is 1. The highest BCUT2D eigenvalue weighted by Crippen LogP contribution is 2.30.